The second-order valence-electron chi connectivity index (χ2n) is 29.3. The lowest BCUT2D eigenvalue weighted by Crippen LogP contribution is -2.30. The number of benzene rings is 7. The largest absolute Gasteiger partial charge is 0.495 e. The van der Waals surface area contributed by atoms with Gasteiger partial charge in [-0.05, 0) is 168 Å². The van der Waals surface area contributed by atoms with Gasteiger partial charge < -0.3 is 63.9 Å². The normalized spacial score (nSPS) is 12.9. The van der Waals surface area contributed by atoms with E-state index in [0.717, 1.165) is 17.2 Å². The molecule has 1 fully saturated rings. The predicted octanol–water partition coefficient (Wildman–Crippen LogP) is 26.8. The highest BCUT2D eigenvalue weighted by Crippen LogP contribution is 2.49. The third-order valence-electron chi connectivity index (χ3n) is 20.3. The quantitative estimate of drug-likeness (QED) is 0.0210. The second kappa shape index (κ2) is 51.0. The van der Waals surface area contributed by atoms with Crippen LogP contribution in [-0.4, -0.2) is 129 Å². The number of ether oxygens (including phenoxy) is 9. The number of aromatic nitrogens is 6. The van der Waals surface area contributed by atoms with Gasteiger partial charge in [0.15, 0.2) is 23.1 Å². The van der Waals surface area contributed by atoms with Gasteiger partial charge in [0, 0.05) is 132 Å². The highest BCUT2D eigenvalue weighted by atomic mass is 35.5. The van der Waals surface area contributed by atoms with Crippen molar-refractivity contribution in [1.29, 1.82) is 0 Å². The zero-order chi connectivity index (χ0) is 100. The van der Waals surface area contributed by atoms with Crippen molar-refractivity contribution in [3.63, 3.8) is 0 Å². The number of nitrogens with zero attached hydrogens (tertiary/aromatic N) is 6. The number of allylic oxidation sites excluding steroid dienone is 4. The Kier molecular flexibility index (Phi) is 40.2. The van der Waals surface area contributed by atoms with Gasteiger partial charge in [-0.25, -0.2) is 56.2 Å². The maximum Gasteiger partial charge on any atom is 0.227 e. The summed E-state index contributed by atoms with van der Waals surface area (Å²) in [7, 11) is 11.3. The minimum Gasteiger partial charge on any atom is -0.495 e. The molecule has 2 atom stereocenters. The molecule has 5 heterocycles. The van der Waals surface area contributed by atoms with Gasteiger partial charge in [-0.1, -0.05) is 137 Å². The Morgan fingerprint density at radius 1 is 0.394 bits per heavy atom. The Morgan fingerprint density at radius 2 is 0.745 bits per heavy atom. The molecule has 0 saturated carbocycles. The Labute approximate surface area is 831 Å². The van der Waals surface area contributed by atoms with Crippen molar-refractivity contribution < 1.29 is 88.2 Å². The van der Waals surface area contributed by atoms with Gasteiger partial charge >= 0.3 is 0 Å². The lowest BCUT2D eigenvalue weighted by molar-refractivity contribution is -0.116. The number of nitrogens with one attached hydrogen (secondary N) is 4. The minimum absolute atomic E-state index is 0.00619. The summed E-state index contributed by atoms with van der Waals surface area (Å²) in [4.78, 5) is 72.6. The van der Waals surface area contributed by atoms with Crippen LogP contribution in [0.3, 0.4) is 0 Å². The Bertz CT molecular complexity index is 6190. The van der Waals surface area contributed by atoms with Gasteiger partial charge in [0.05, 0.1) is 133 Å². The van der Waals surface area contributed by atoms with E-state index in [2.05, 4.69) is 77.5 Å². The number of rotatable bonds is 36. The molecule has 0 unspecified atom stereocenters. The fraction of sp³-hybridized carbons (Fsp3) is 0.192. The molecule has 7 aromatic carbocycles. The number of halogens is 15. The van der Waals surface area contributed by atoms with E-state index in [1.165, 1.54) is 185 Å². The van der Waals surface area contributed by atoms with E-state index in [1.54, 1.807) is 50.2 Å². The first-order valence-corrected chi connectivity index (χ1v) is 43.9. The van der Waals surface area contributed by atoms with E-state index in [4.69, 9.17) is 147 Å². The molecule has 4 aromatic heterocycles. The van der Waals surface area contributed by atoms with Crippen molar-refractivity contribution in [3.8, 4) is 46.0 Å². The molecule has 1 saturated heterocycles. The molecular weight excluding hydrogens is 1970 g/mol. The van der Waals surface area contributed by atoms with Crippen molar-refractivity contribution in [2.75, 3.05) is 91.4 Å². The van der Waals surface area contributed by atoms with Crippen LogP contribution in [0.2, 0.25) is 45.2 Å². The predicted molar refractivity (Wildman–Crippen MR) is 533 cm³/mol. The van der Waals surface area contributed by atoms with Crippen LogP contribution >= 0.6 is 104 Å². The zero-order valence-electron chi connectivity index (χ0n) is 75.1. The third kappa shape index (κ3) is 28.1. The average Bonchev–Trinajstić information content (AvgIpc) is 1.60. The molecule has 0 aliphatic carbocycles. The molecule has 716 valence electrons. The minimum atomic E-state index is -0.749. The number of carbonyl (C=O) groups is 4. The maximum atomic E-state index is 15.2. The molecule has 0 spiro atoms. The van der Waals surface area contributed by atoms with Gasteiger partial charge in [-0.2, -0.15) is 0 Å². The summed E-state index contributed by atoms with van der Waals surface area (Å²) in [6.45, 7) is 20.0. The van der Waals surface area contributed by atoms with E-state index >= 15 is 13.2 Å². The summed E-state index contributed by atoms with van der Waals surface area (Å²) in [5.74, 6) is -1.16. The first kappa shape index (κ1) is 108. The van der Waals surface area contributed by atoms with E-state index in [9.17, 15) is 32.3 Å². The highest BCUT2D eigenvalue weighted by Gasteiger charge is 2.32. The standard InChI is InChI=1S/C26H22Cl3FN2O3.C26H22Cl2F2N2O3.C25H21Cl2F2N3O3.C22H22Cl2FN3O4/c1-5-17(33)11-16-7-8-18(27)14(2)26(16)32-22-9-6-15(13-31-22)10-19(30)23-24(28)20(34-3)12-21(35-4)25(23)29;1-5-18(33)11-16-10-17(29)8-14(2)26(16)32-22-7-6-15(13-31-22)9-19(30)23-24(27)20(34-3)12-21(35-4)25(23)28;1-5-17(33)9-15-8-16(28)6-13(2)24(15)32-25-30-11-14(12-31-25)7-18(29)21-22(26)19(34-3)10-20(35-4)23(21)27;1-4-14(29)5-12-10-32-11-17(12)28-22-26-8-13(9-27-22)16(25)6-15-20(23)18(30-2)7-19(31-3)21(15)24/h2*5-10,12-13H,1,11H2,2-4H3,(H,31,32);5-8,10-12H,1,9H2,2-4H3,(H,30,31,32);4,6-9,12,17H,1,5,10-11H2,2-3H3,(H,26,27,28)/b19-10-;19-9-;18-7-;16-6-/t;;;12-,17+/m...1/s1. The van der Waals surface area contributed by atoms with E-state index < -0.39 is 34.9 Å². The Morgan fingerprint density at radius 3 is 1.12 bits per heavy atom. The monoisotopic (exact) mass is 2050 g/mol. The van der Waals surface area contributed by atoms with Crippen LogP contribution < -0.4 is 59.2 Å². The molecule has 11 aromatic rings. The van der Waals surface area contributed by atoms with E-state index in [0.29, 0.717) is 110 Å². The molecule has 0 bridgehead atoms. The van der Waals surface area contributed by atoms with Crippen LogP contribution in [0.1, 0.15) is 84.3 Å². The topological polar surface area (TPSA) is 277 Å². The second-order valence-corrected chi connectivity index (χ2v) is 32.7. The molecule has 1 aliphatic rings. The molecule has 1 aliphatic heterocycles. The average molecular weight is 2060 g/mol. The summed E-state index contributed by atoms with van der Waals surface area (Å²) < 4.78 is 135. The molecule has 0 radical (unpaired) electrons. The van der Waals surface area contributed by atoms with Gasteiger partial charge in [0.1, 0.15) is 92.6 Å². The number of ketones is 4. The van der Waals surface area contributed by atoms with E-state index in [1.807, 2.05) is 6.92 Å². The number of aryl methyl sites for hydroxylation is 2. The van der Waals surface area contributed by atoms with E-state index in [-0.39, 0.29) is 163 Å². The van der Waals surface area contributed by atoms with Crippen LogP contribution in [0.15, 0.2) is 173 Å². The lowest BCUT2D eigenvalue weighted by atomic mass is 9.97. The number of hydrogen-bond donors (Lipinski definition) is 4. The van der Waals surface area contributed by atoms with Crippen molar-refractivity contribution in [3.05, 3.63) is 307 Å². The van der Waals surface area contributed by atoms with Gasteiger partial charge in [-0.3, -0.25) is 19.2 Å². The smallest absolute Gasteiger partial charge is 0.227 e. The lowest BCUT2D eigenvalue weighted by Gasteiger charge is -2.17. The zero-order valence-corrected chi connectivity index (χ0v) is 81.9. The summed E-state index contributed by atoms with van der Waals surface area (Å²) in [6, 6.07) is 21.1. The van der Waals surface area contributed by atoms with Crippen LogP contribution in [0, 0.1) is 38.3 Å². The summed E-state index contributed by atoms with van der Waals surface area (Å²) >= 11 is 56.5. The van der Waals surface area contributed by atoms with Crippen molar-refractivity contribution in [2.24, 2.45) is 5.92 Å². The van der Waals surface area contributed by atoms with Gasteiger partial charge in [-0.15, -0.1) is 0 Å². The first-order valence-electron chi connectivity index (χ1n) is 40.5. The number of anilines is 7. The van der Waals surface area contributed by atoms with Crippen LogP contribution in [-0.2, 0) is 43.2 Å². The van der Waals surface area contributed by atoms with Crippen LogP contribution in [0.5, 0.6) is 46.0 Å². The first-order chi connectivity index (χ1) is 65.4. The SMILES string of the molecule is C=CC(=O)C[C@@H]1COC[C@@H]1Nc1ncc(/C(F)=C/c2c(Cl)c(OC)cc(OC)c2Cl)cn1.C=CC(=O)Cc1cc(F)cc(C)c1Nc1ccc(/C=C(\F)c2c(Cl)c(OC)cc(OC)c2Cl)cn1.C=CC(=O)Cc1cc(F)cc(C)c1Nc1ncc(/C=C(\F)c2c(Cl)c(OC)cc(OC)c2Cl)cn1.C=CC(=O)Cc1ccc(Cl)c(C)c1Nc1ccc(/C=C(\F)c2c(Cl)c(OC)cc(OC)c2Cl)cn1. The molecule has 4 N–H and O–H groups in total. The molecule has 0 amide bonds. The Hall–Kier alpha value is -12.7. The number of pyridine rings is 2. The van der Waals surface area contributed by atoms with Gasteiger partial charge in [0.25, 0.3) is 0 Å². The van der Waals surface area contributed by atoms with Crippen LogP contribution in [0.4, 0.5) is 66.9 Å². The molecular formula is C99H87Cl9F6N10O13. The number of carbonyl (C=O) groups excluding carboxylic acids is 4. The summed E-state index contributed by atoms with van der Waals surface area (Å²) in [5, 5.41) is 13.3. The van der Waals surface area contributed by atoms with Crippen molar-refractivity contribution >= 4 is 216 Å². The Balaban J connectivity index is 0.000000205. The fourth-order valence-corrected chi connectivity index (χ4v) is 16.1. The van der Waals surface area contributed by atoms with Crippen molar-refractivity contribution in [2.45, 2.75) is 52.5 Å². The molecule has 38 heteroatoms. The van der Waals surface area contributed by atoms with Crippen LogP contribution in [0.25, 0.3) is 47.6 Å². The fourth-order valence-electron chi connectivity index (χ4n) is 13.3. The van der Waals surface area contributed by atoms with Gasteiger partial charge in [0.2, 0.25) is 11.9 Å². The molecule has 12 rings (SSSR count). The summed E-state index contributed by atoms with van der Waals surface area (Å²) in [6.07, 6.45) is 18.5. The maximum absolute atomic E-state index is 15.2. The summed E-state index contributed by atoms with van der Waals surface area (Å²) in [5.41, 5.74) is 6.69. The number of methoxy groups -OCH3 is 8. The third-order valence-corrected chi connectivity index (χ3v) is 23.8. The highest BCUT2D eigenvalue weighted by molar-refractivity contribution is 6.42. The van der Waals surface area contributed by atoms with Crippen molar-refractivity contribution in [1.82, 2.24) is 29.9 Å². The number of hydrogen-bond acceptors (Lipinski definition) is 23. The molecule has 23 nitrogen and oxygen atoms in total. The molecule has 137 heavy (non-hydrogen) atoms.